The van der Waals surface area contributed by atoms with E-state index in [1.807, 2.05) is 30.3 Å². The van der Waals surface area contributed by atoms with Gasteiger partial charge in [0.05, 0.1) is 10.6 Å². The summed E-state index contributed by atoms with van der Waals surface area (Å²) in [6.45, 7) is 14.3. The molecule has 0 fully saturated rings. The molecular formula is C28H38N4O3S. The van der Waals surface area contributed by atoms with Gasteiger partial charge in [-0.3, -0.25) is 4.79 Å². The highest BCUT2D eigenvalue weighted by Crippen LogP contribution is 2.39. The van der Waals surface area contributed by atoms with Crippen LogP contribution in [0.2, 0.25) is 0 Å². The fraction of sp³-hybridized carbons (Fsp3) is 0.464. The number of sulfonamides is 1. The Morgan fingerprint density at radius 3 is 1.97 bits per heavy atom. The SMILES string of the molecule is CCN(CC)CCN(CCN(CC)CC)S(=O)(=O)c1ccc2c(c1)Cc1c-2[nH]c(=O)c2ccccc12. The molecule has 36 heavy (non-hydrogen) atoms. The Balaban J connectivity index is 1.66. The Morgan fingerprint density at radius 1 is 0.806 bits per heavy atom. The second kappa shape index (κ2) is 11.3. The van der Waals surface area contributed by atoms with Crippen molar-refractivity contribution in [3.63, 3.8) is 0 Å². The van der Waals surface area contributed by atoms with Crippen molar-refractivity contribution < 1.29 is 8.42 Å². The minimum absolute atomic E-state index is 0.118. The van der Waals surface area contributed by atoms with Crippen LogP contribution in [-0.2, 0) is 16.4 Å². The Bertz CT molecular complexity index is 1360. The smallest absolute Gasteiger partial charge is 0.256 e. The molecule has 0 amide bonds. The highest BCUT2D eigenvalue weighted by Gasteiger charge is 2.29. The summed E-state index contributed by atoms with van der Waals surface area (Å²) in [7, 11) is -3.68. The molecule has 0 aliphatic heterocycles. The van der Waals surface area contributed by atoms with E-state index >= 15 is 0 Å². The standard InChI is InChI=1S/C28H38N4O3S/c1-5-30(6-2)15-17-32(18-16-31(7-3)8-4)36(34,35)22-13-14-23-21(19-22)20-26-24-11-9-10-12-25(24)28(33)29-27(23)26/h9-14,19H,5-8,15-18,20H2,1-4H3,(H,29,33). The third-order valence-corrected chi connectivity index (χ3v) is 9.40. The van der Waals surface area contributed by atoms with Gasteiger partial charge < -0.3 is 14.8 Å². The van der Waals surface area contributed by atoms with Crippen LogP contribution in [0.1, 0.15) is 38.8 Å². The summed E-state index contributed by atoms with van der Waals surface area (Å²) in [5, 5.41) is 1.59. The molecule has 0 saturated heterocycles. The number of rotatable bonds is 12. The quantitative estimate of drug-likeness (QED) is 0.314. The minimum Gasteiger partial charge on any atom is -0.321 e. The van der Waals surface area contributed by atoms with E-state index in [-0.39, 0.29) is 5.56 Å². The Kier molecular flexibility index (Phi) is 8.30. The van der Waals surface area contributed by atoms with Gasteiger partial charge in [-0.05, 0) is 60.9 Å². The lowest BCUT2D eigenvalue weighted by atomic mass is 10.0. The highest BCUT2D eigenvalue weighted by atomic mass is 32.2. The molecule has 7 nitrogen and oxygen atoms in total. The lowest BCUT2D eigenvalue weighted by Crippen LogP contribution is -2.42. The van der Waals surface area contributed by atoms with Crippen LogP contribution >= 0.6 is 0 Å². The fourth-order valence-corrected chi connectivity index (χ4v) is 6.62. The summed E-state index contributed by atoms with van der Waals surface area (Å²) in [6, 6.07) is 12.9. The molecule has 1 aromatic heterocycles. The van der Waals surface area contributed by atoms with Crippen LogP contribution in [0.4, 0.5) is 0 Å². The normalized spacial score (nSPS) is 13.2. The van der Waals surface area contributed by atoms with Crippen LogP contribution in [-0.4, -0.2) is 79.9 Å². The molecule has 0 spiro atoms. The van der Waals surface area contributed by atoms with E-state index in [1.54, 1.807) is 16.4 Å². The van der Waals surface area contributed by atoms with Gasteiger partial charge in [-0.15, -0.1) is 0 Å². The minimum atomic E-state index is -3.68. The average molecular weight is 511 g/mol. The lowest BCUT2D eigenvalue weighted by Gasteiger charge is -2.28. The van der Waals surface area contributed by atoms with E-state index in [2.05, 4.69) is 42.5 Å². The van der Waals surface area contributed by atoms with Gasteiger partial charge >= 0.3 is 0 Å². The summed E-state index contributed by atoms with van der Waals surface area (Å²) in [5.41, 5.74) is 3.58. The third kappa shape index (κ3) is 5.13. The van der Waals surface area contributed by atoms with E-state index in [4.69, 9.17) is 0 Å². The molecule has 3 aromatic rings. The summed E-state index contributed by atoms with van der Waals surface area (Å²) in [5.74, 6) is 0. The molecule has 0 unspecified atom stereocenters. The number of benzene rings is 2. The lowest BCUT2D eigenvalue weighted by molar-refractivity contribution is 0.241. The zero-order valence-electron chi connectivity index (χ0n) is 21.9. The number of hydrogen-bond acceptors (Lipinski definition) is 5. The van der Waals surface area contributed by atoms with Crippen molar-refractivity contribution in [3.8, 4) is 11.3 Å². The van der Waals surface area contributed by atoms with Crippen molar-refractivity contribution in [2.45, 2.75) is 39.0 Å². The maximum Gasteiger partial charge on any atom is 0.256 e. The van der Waals surface area contributed by atoms with Crippen molar-refractivity contribution in [3.05, 3.63) is 63.9 Å². The van der Waals surface area contributed by atoms with Gasteiger partial charge in [0.25, 0.3) is 5.56 Å². The Hall–Kier alpha value is -2.52. The van der Waals surface area contributed by atoms with Gasteiger partial charge in [-0.1, -0.05) is 52.0 Å². The Morgan fingerprint density at radius 2 is 1.39 bits per heavy atom. The molecule has 0 bridgehead atoms. The second-order valence-corrected chi connectivity index (χ2v) is 11.2. The number of nitrogens with zero attached hydrogens (tertiary/aromatic N) is 3. The van der Waals surface area contributed by atoms with Crippen molar-refractivity contribution >= 4 is 20.8 Å². The molecule has 2 aromatic carbocycles. The molecule has 0 atom stereocenters. The number of H-pyrrole nitrogens is 1. The van der Waals surface area contributed by atoms with E-state index in [0.29, 0.717) is 42.9 Å². The van der Waals surface area contributed by atoms with Crippen molar-refractivity contribution in [2.75, 3.05) is 52.4 Å². The van der Waals surface area contributed by atoms with E-state index in [1.165, 1.54) is 0 Å². The number of likely N-dealkylation sites (N-methyl/N-ethyl adjacent to an activating group) is 2. The first-order valence-electron chi connectivity index (χ1n) is 13.1. The zero-order chi connectivity index (χ0) is 25.9. The van der Waals surface area contributed by atoms with Gasteiger partial charge in [0, 0.05) is 43.5 Å². The van der Waals surface area contributed by atoms with Gasteiger partial charge in [0.15, 0.2) is 0 Å². The maximum atomic E-state index is 13.9. The van der Waals surface area contributed by atoms with E-state index in [9.17, 15) is 13.2 Å². The van der Waals surface area contributed by atoms with E-state index in [0.717, 1.165) is 53.9 Å². The molecule has 1 aliphatic carbocycles. The number of pyridine rings is 1. The van der Waals surface area contributed by atoms with Crippen molar-refractivity contribution in [1.29, 1.82) is 0 Å². The molecule has 1 N–H and O–H groups in total. The molecule has 194 valence electrons. The summed E-state index contributed by atoms with van der Waals surface area (Å²) < 4.78 is 29.4. The first-order chi connectivity index (χ1) is 17.3. The predicted octanol–water partition coefficient (Wildman–Crippen LogP) is 3.77. The molecule has 1 aliphatic rings. The molecule has 0 radical (unpaired) electrons. The average Bonchev–Trinajstić information content (AvgIpc) is 3.26. The van der Waals surface area contributed by atoms with Crippen LogP contribution in [0.5, 0.6) is 0 Å². The topological polar surface area (TPSA) is 76.7 Å². The number of nitrogens with one attached hydrogen (secondary N) is 1. The first kappa shape index (κ1) is 26.5. The third-order valence-electron chi connectivity index (χ3n) is 7.51. The number of hydrogen-bond donors (Lipinski definition) is 1. The Labute approximate surface area is 214 Å². The van der Waals surface area contributed by atoms with Crippen molar-refractivity contribution in [2.24, 2.45) is 0 Å². The van der Waals surface area contributed by atoms with Crippen LogP contribution in [0.15, 0.2) is 52.2 Å². The molecule has 0 saturated carbocycles. The number of aromatic nitrogens is 1. The monoisotopic (exact) mass is 510 g/mol. The van der Waals surface area contributed by atoms with E-state index < -0.39 is 10.0 Å². The molecule has 4 rings (SSSR count). The van der Waals surface area contributed by atoms with Gasteiger partial charge in [0.2, 0.25) is 10.0 Å². The predicted molar refractivity (Wildman–Crippen MR) is 147 cm³/mol. The molecule has 1 heterocycles. The van der Waals surface area contributed by atoms with Gasteiger partial charge in [0.1, 0.15) is 0 Å². The largest absolute Gasteiger partial charge is 0.321 e. The van der Waals surface area contributed by atoms with Crippen LogP contribution in [0, 0.1) is 0 Å². The highest BCUT2D eigenvalue weighted by molar-refractivity contribution is 7.89. The van der Waals surface area contributed by atoms with Crippen LogP contribution < -0.4 is 5.56 Å². The maximum absolute atomic E-state index is 13.9. The number of aromatic amines is 1. The van der Waals surface area contributed by atoms with Gasteiger partial charge in [-0.2, -0.15) is 4.31 Å². The molecule has 8 heteroatoms. The van der Waals surface area contributed by atoms with Crippen LogP contribution in [0.3, 0.4) is 0 Å². The molecular weight excluding hydrogens is 472 g/mol. The fourth-order valence-electron chi connectivity index (χ4n) is 5.15. The second-order valence-electron chi connectivity index (χ2n) is 9.31. The number of fused-ring (bicyclic) bond motifs is 5. The van der Waals surface area contributed by atoms with Crippen molar-refractivity contribution in [1.82, 2.24) is 19.1 Å². The zero-order valence-corrected chi connectivity index (χ0v) is 22.7. The van der Waals surface area contributed by atoms with Gasteiger partial charge in [-0.25, -0.2) is 8.42 Å². The first-order valence-corrected chi connectivity index (χ1v) is 14.5. The summed E-state index contributed by atoms with van der Waals surface area (Å²) in [4.78, 5) is 20.5. The van der Waals surface area contributed by atoms with Crippen LogP contribution in [0.25, 0.3) is 22.0 Å². The summed E-state index contributed by atoms with van der Waals surface area (Å²) >= 11 is 0. The summed E-state index contributed by atoms with van der Waals surface area (Å²) in [6.07, 6.45) is 0.601.